The minimum absolute atomic E-state index is 0.149. The second kappa shape index (κ2) is 4.53. The maximum absolute atomic E-state index is 11.7. The lowest BCUT2D eigenvalue weighted by atomic mass is 9.85. The third-order valence-corrected chi connectivity index (χ3v) is 2.52. The van der Waals surface area contributed by atoms with Crippen LogP contribution in [0.3, 0.4) is 0 Å². The van der Waals surface area contributed by atoms with E-state index < -0.39 is 5.54 Å². The zero-order chi connectivity index (χ0) is 9.73. The Bertz CT molecular complexity index is 195. The van der Waals surface area contributed by atoms with E-state index in [1.54, 1.807) is 6.08 Å². The van der Waals surface area contributed by atoms with E-state index in [4.69, 9.17) is 10.5 Å². The molecule has 0 saturated carbocycles. The minimum atomic E-state index is -0.624. The number of allylic oxidation sites excluding steroid dienone is 1. The van der Waals surface area contributed by atoms with Gasteiger partial charge in [0.1, 0.15) is 0 Å². The molecule has 0 aromatic heterocycles. The van der Waals surface area contributed by atoms with Crippen molar-refractivity contribution in [1.29, 1.82) is 0 Å². The van der Waals surface area contributed by atoms with Crippen LogP contribution in [0.4, 0.5) is 0 Å². The molecule has 1 aliphatic rings. The van der Waals surface area contributed by atoms with Crippen LogP contribution in [0.1, 0.15) is 25.7 Å². The van der Waals surface area contributed by atoms with Crippen molar-refractivity contribution in [3.63, 3.8) is 0 Å². The zero-order valence-electron chi connectivity index (χ0n) is 7.92. The van der Waals surface area contributed by atoms with E-state index in [9.17, 15) is 4.79 Å². The van der Waals surface area contributed by atoms with Crippen molar-refractivity contribution in [1.82, 2.24) is 0 Å². The third-order valence-electron chi connectivity index (χ3n) is 2.52. The number of hydrogen-bond acceptors (Lipinski definition) is 3. The number of carbonyl (C=O) groups is 1. The summed E-state index contributed by atoms with van der Waals surface area (Å²) in [6.45, 7) is 4.80. The number of ketones is 1. The topological polar surface area (TPSA) is 52.3 Å². The van der Waals surface area contributed by atoms with Crippen LogP contribution in [0.2, 0.25) is 0 Å². The zero-order valence-corrected chi connectivity index (χ0v) is 7.92. The monoisotopic (exact) mass is 183 g/mol. The fraction of sp³-hybridized carbons (Fsp3) is 0.700. The molecule has 0 spiro atoms. The second-order valence-corrected chi connectivity index (χ2v) is 3.52. The van der Waals surface area contributed by atoms with E-state index in [-0.39, 0.29) is 5.78 Å². The van der Waals surface area contributed by atoms with Crippen molar-refractivity contribution in [2.45, 2.75) is 31.2 Å². The summed E-state index contributed by atoms with van der Waals surface area (Å²) in [6, 6.07) is 0. The molecule has 1 rings (SSSR count). The molecule has 1 saturated heterocycles. The molecule has 2 N–H and O–H groups in total. The van der Waals surface area contributed by atoms with Gasteiger partial charge < -0.3 is 10.5 Å². The summed E-state index contributed by atoms with van der Waals surface area (Å²) in [4.78, 5) is 11.7. The Labute approximate surface area is 78.9 Å². The Balaban J connectivity index is 2.46. The molecule has 3 nitrogen and oxygen atoms in total. The van der Waals surface area contributed by atoms with Crippen LogP contribution >= 0.6 is 0 Å². The van der Waals surface area contributed by atoms with Gasteiger partial charge in [-0.05, 0) is 19.3 Å². The van der Waals surface area contributed by atoms with Gasteiger partial charge in [0.2, 0.25) is 0 Å². The van der Waals surface area contributed by atoms with E-state index in [0.717, 1.165) is 6.42 Å². The molecule has 74 valence electrons. The van der Waals surface area contributed by atoms with Crippen LogP contribution < -0.4 is 5.73 Å². The standard InChI is InChI=1S/C10H17NO2/c1-2-3-4-9(12)10(11)5-7-13-8-6-10/h2H,1,3-8,11H2. The van der Waals surface area contributed by atoms with Crippen molar-refractivity contribution in [3.8, 4) is 0 Å². The van der Waals surface area contributed by atoms with Gasteiger partial charge in [-0.3, -0.25) is 4.79 Å². The van der Waals surface area contributed by atoms with Crippen molar-refractivity contribution in [3.05, 3.63) is 12.7 Å². The molecule has 0 atom stereocenters. The van der Waals surface area contributed by atoms with Crippen molar-refractivity contribution in [2.75, 3.05) is 13.2 Å². The highest BCUT2D eigenvalue weighted by Crippen LogP contribution is 2.20. The summed E-state index contributed by atoms with van der Waals surface area (Å²) >= 11 is 0. The highest BCUT2D eigenvalue weighted by molar-refractivity contribution is 5.88. The predicted molar refractivity (Wildman–Crippen MR) is 51.4 cm³/mol. The fourth-order valence-corrected chi connectivity index (χ4v) is 1.50. The summed E-state index contributed by atoms with van der Waals surface area (Å²) in [5.74, 6) is 0.149. The first-order valence-electron chi connectivity index (χ1n) is 4.70. The van der Waals surface area contributed by atoms with Crippen LogP contribution in [0.15, 0.2) is 12.7 Å². The number of rotatable bonds is 4. The number of nitrogens with two attached hydrogens (primary N) is 1. The lowest BCUT2D eigenvalue weighted by Crippen LogP contribution is -2.51. The van der Waals surface area contributed by atoms with E-state index in [0.29, 0.717) is 32.5 Å². The van der Waals surface area contributed by atoms with E-state index in [1.165, 1.54) is 0 Å². The van der Waals surface area contributed by atoms with Crippen molar-refractivity contribution >= 4 is 5.78 Å². The van der Waals surface area contributed by atoms with Crippen LogP contribution in [-0.4, -0.2) is 24.5 Å². The Kier molecular flexibility index (Phi) is 3.63. The number of ether oxygens (including phenoxy) is 1. The highest BCUT2D eigenvalue weighted by atomic mass is 16.5. The third kappa shape index (κ3) is 2.64. The lowest BCUT2D eigenvalue weighted by Gasteiger charge is -2.31. The average Bonchev–Trinajstić information content (AvgIpc) is 2.15. The molecule has 3 heteroatoms. The van der Waals surface area contributed by atoms with Gasteiger partial charge in [-0.1, -0.05) is 6.08 Å². The highest BCUT2D eigenvalue weighted by Gasteiger charge is 2.34. The Morgan fingerprint density at radius 2 is 2.15 bits per heavy atom. The predicted octanol–water partition coefficient (Wildman–Crippen LogP) is 1.03. The molecular weight excluding hydrogens is 166 g/mol. The molecule has 13 heavy (non-hydrogen) atoms. The molecule has 0 aliphatic carbocycles. The van der Waals surface area contributed by atoms with Crippen LogP contribution in [-0.2, 0) is 9.53 Å². The quantitative estimate of drug-likeness (QED) is 0.662. The molecule has 1 fully saturated rings. The molecule has 0 unspecified atom stereocenters. The molecule has 0 aromatic rings. The summed E-state index contributed by atoms with van der Waals surface area (Å²) in [5.41, 5.74) is 5.36. The number of hydrogen-bond donors (Lipinski definition) is 1. The SMILES string of the molecule is C=CCCC(=O)C1(N)CCOCC1. The molecular formula is C10H17NO2. The van der Waals surface area contributed by atoms with Gasteiger partial charge in [-0.2, -0.15) is 0 Å². The molecule has 0 aromatic carbocycles. The number of carbonyl (C=O) groups excluding carboxylic acids is 1. The molecule has 0 radical (unpaired) electrons. The van der Waals surface area contributed by atoms with E-state index >= 15 is 0 Å². The van der Waals surface area contributed by atoms with Crippen molar-refractivity contribution < 1.29 is 9.53 Å². The summed E-state index contributed by atoms with van der Waals surface area (Å²) in [6.07, 6.45) is 4.30. The molecule has 1 aliphatic heterocycles. The Morgan fingerprint density at radius 3 is 2.69 bits per heavy atom. The maximum atomic E-state index is 11.7. The normalized spacial score (nSPS) is 21.0. The summed E-state index contributed by atoms with van der Waals surface area (Å²) in [5, 5.41) is 0. The van der Waals surface area contributed by atoms with Gasteiger partial charge in [-0.25, -0.2) is 0 Å². The van der Waals surface area contributed by atoms with Gasteiger partial charge in [-0.15, -0.1) is 6.58 Å². The lowest BCUT2D eigenvalue weighted by molar-refractivity contribution is -0.127. The summed E-state index contributed by atoms with van der Waals surface area (Å²) < 4.78 is 5.17. The number of Topliss-reactive ketones (excluding diaryl/α,β-unsaturated/α-hetero) is 1. The fourth-order valence-electron chi connectivity index (χ4n) is 1.50. The Morgan fingerprint density at radius 1 is 1.54 bits per heavy atom. The van der Waals surface area contributed by atoms with E-state index in [1.807, 2.05) is 0 Å². The second-order valence-electron chi connectivity index (χ2n) is 3.52. The van der Waals surface area contributed by atoms with Gasteiger partial charge >= 0.3 is 0 Å². The van der Waals surface area contributed by atoms with Crippen LogP contribution in [0, 0.1) is 0 Å². The van der Waals surface area contributed by atoms with Gasteiger partial charge in [0.25, 0.3) is 0 Å². The first-order valence-corrected chi connectivity index (χ1v) is 4.70. The summed E-state index contributed by atoms with van der Waals surface area (Å²) in [7, 11) is 0. The first kappa shape index (κ1) is 10.4. The molecule has 1 heterocycles. The van der Waals surface area contributed by atoms with Gasteiger partial charge in [0.05, 0.1) is 5.54 Å². The first-order chi connectivity index (χ1) is 6.19. The van der Waals surface area contributed by atoms with Crippen LogP contribution in [0.5, 0.6) is 0 Å². The molecule has 0 bridgehead atoms. The Hall–Kier alpha value is -0.670. The smallest absolute Gasteiger partial charge is 0.153 e. The minimum Gasteiger partial charge on any atom is -0.381 e. The van der Waals surface area contributed by atoms with Crippen LogP contribution in [0.25, 0.3) is 0 Å². The van der Waals surface area contributed by atoms with Gasteiger partial charge in [0, 0.05) is 19.6 Å². The van der Waals surface area contributed by atoms with E-state index in [2.05, 4.69) is 6.58 Å². The van der Waals surface area contributed by atoms with Crippen molar-refractivity contribution in [2.24, 2.45) is 5.73 Å². The average molecular weight is 183 g/mol. The largest absolute Gasteiger partial charge is 0.381 e. The molecule has 0 amide bonds. The van der Waals surface area contributed by atoms with Gasteiger partial charge in [0.15, 0.2) is 5.78 Å². The maximum Gasteiger partial charge on any atom is 0.153 e.